The molecular formula is C36H49N3. The minimum atomic E-state index is 0.709. The first kappa shape index (κ1) is 33.4. The molecule has 0 radical (unpaired) electrons. The van der Waals surface area contributed by atoms with Crippen molar-refractivity contribution in [1.82, 2.24) is 9.97 Å². The molecule has 39 heavy (non-hydrogen) atoms. The Kier molecular flexibility index (Phi) is 16.0. The van der Waals surface area contributed by atoms with E-state index in [0.29, 0.717) is 5.92 Å². The van der Waals surface area contributed by atoms with Gasteiger partial charge in [-0.1, -0.05) is 90.1 Å². The molecule has 3 heteroatoms. The third-order valence-electron chi connectivity index (χ3n) is 5.93. The van der Waals surface area contributed by atoms with Crippen LogP contribution in [0.3, 0.4) is 0 Å². The van der Waals surface area contributed by atoms with E-state index < -0.39 is 0 Å². The first-order valence-electron chi connectivity index (χ1n) is 14.4. The van der Waals surface area contributed by atoms with Gasteiger partial charge in [0.15, 0.2) is 0 Å². The Balaban J connectivity index is 0.000000347. The van der Waals surface area contributed by atoms with E-state index in [1.165, 1.54) is 38.9 Å². The SMILES string of the molecule is CC.CC.CCN=Cc1cc(-c2cccnc2C)ccc1C.Cc1ncccc1-c1ccc(CC(C)C)cc1. The fraction of sp³-hybridized carbons (Fsp3) is 0.361. The highest BCUT2D eigenvalue weighted by atomic mass is 14.7. The van der Waals surface area contributed by atoms with Crippen LogP contribution in [0, 0.1) is 26.7 Å². The molecule has 0 aliphatic heterocycles. The lowest BCUT2D eigenvalue weighted by molar-refractivity contribution is 0.647. The minimum absolute atomic E-state index is 0.709. The summed E-state index contributed by atoms with van der Waals surface area (Å²) in [7, 11) is 0. The van der Waals surface area contributed by atoms with Crippen LogP contribution in [0.5, 0.6) is 0 Å². The molecule has 0 atom stereocenters. The first-order valence-corrected chi connectivity index (χ1v) is 14.4. The Labute approximate surface area is 238 Å². The highest BCUT2D eigenvalue weighted by molar-refractivity contribution is 5.84. The number of nitrogens with zero attached hydrogens (tertiary/aromatic N) is 3. The van der Waals surface area contributed by atoms with Crippen LogP contribution in [0.25, 0.3) is 22.3 Å². The van der Waals surface area contributed by atoms with Gasteiger partial charge >= 0.3 is 0 Å². The molecule has 4 aromatic rings. The molecule has 0 saturated carbocycles. The predicted molar refractivity (Wildman–Crippen MR) is 173 cm³/mol. The molecule has 208 valence electrons. The fourth-order valence-corrected chi connectivity index (χ4v) is 4.01. The molecular weight excluding hydrogens is 474 g/mol. The van der Waals surface area contributed by atoms with E-state index in [4.69, 9.17) is 0 Å². The molecule has 2 aromatic carbocycles. The van der Waals surface area contributed by atoms with E-state index in [-0.39, 0.29) is 0 Å². The van der Waals surface area contributed by atoms with Gasteiger partial charge in [0.1, 0.15) is 0 Å². The van der Waals surface area contributed by atoms with E-state index in [0.717, 1.165) is 24.4 Å². The molecule has 2 heterocycles. The second-order valence-corrected chi connectivity index (χ2v) is 9.27. The number of benzene rings is 2. The summed E-state index contributed by atoms with van der Waals surface area (Å²) in [5.41, 5.74) is 10.8. The van der Waals surface area contributed by atoms with Crippen LogP contribution in [0.15, 0.2) is 84.1 Å². The lowest BCUT2D eigenvalue weighted by Gasteiger charge is -2.08. The number of aromatic nitrogens is 2. The van der Waals surface area contributed by atoms with Gasteiger partial charge in [-0.2, -0.15) is 0 Å². The van der Waals surface area contributed by atoms with E-state index in [1.54, 1.807) is 0 Å². The summed E-state index contributed by atoms with van der Waals surface area (Å²) in [4.78, 5) is 13.0. The third kappa shape index (κ3) is 11.0. The standard InChI is InChI=1S/C16H18N2.C16H19N.2C2H6/c1-4-17-11-15-10-14(8-7-12(15)2)16-6-5-9-18-13(16)3;1-12(2)11-14-6-8-15(9-7-14)16-5-4-10-17-13(16)3;2*1-2/h5-11H,4H2,1-3H3;4-10,12H,11H2,1-3H3;2*1-2H3. The van der Waals surface area contributed by atoms with Crippen LogP contribution in [-0.4, -0.2) is 22.7 Å². The van der Waals surface area contributed by atoms with Crippen molar-refractivity contribution in [2.75, 3.05) is 6.54 Å². The molecule has 0 amide bonds. The topological polar surface area (TPSA) is 38.1 Å². The molecule has 0 bridgehead atoms. The van der Waals surface area contributed by atoms with Gasteiger partial charge in [0.05, 0.1) is 0 Å². The quantitative estimate of drug-likeness (QED) is 0.236. The maximum atomic E-state index is 4.34. The number of pyridine rings is 2. The third-order valence-corrected chi connectivity index (χ3v) is 5.93. The van der Waals surface area contributed by atoms with Crippen molar-refractivity contribution in [3.8, 4) is 22.3 Å². The van der Waals surface area contributed by atoms with Crippen LogP contribution < -0.4 is 0 Å². The van der Waals surface area contributed by atoms with E-state index in [1.807, 2.05) is 72.3 Å². The number of rotatable bonds is 6. The summed E-state index contributed by atoms with van der Waals surface area (Å²) in [6, 6.07) is 23.5. The Bertz CT molecular complexity index is 1250. The molecule has 0 spiro atoms. The highest BCUT2D eigenvalue weighted by Gasteiger charge is 2.05. The van der Waals surface area contributed by atoms with Crippen molar-refractivity contribution >= 4 is 6.21 Å². The maximum Gasteiger partial charge on any atom is 0.0450 e. The van der Waals surface area contributed by atoms with Crippen molar-refractivity contribution in [3.05, 3.63) is 107 Å². The van der Waals surface area contributed by atoms with Crippen molar-refractivity contribution in [2.24, 2.45) is 10.9 Å². The molecule has 0 saturated heterocycles. The van der Waals surface area contributed by atoms with Crippen molar-refractivity contribution in [2.45, 2.75) is 75.7 Å². The maximum absolute atomic E-state index is 4.34. The Morgan fingerprint density at radius 3 is 1.72 bits per heavy atom. The highest BCUT2D eigenvalue weighted by Crippen LogP contribution is 2.24. The summed E-state index contributed by atoms with van der Waals surface area (Å²) in [6.07, 6.45) is 6.76. The Hall–Kier alpha value is -3.59. The molecule has 0 fully saturated rings. The summed E-state index contributed by atoms with van der Waals surface area (Å²) < 4.78 is 0. The summed E-state index contributed by atoms with van der Waals surface area (Å²) in [5.74, 6) is 0.709. The molecule has 3 nitrogen and oxygen atoms in total. The van der Waals surface area contributed by atoms with Crippen LogP contribution in [0.4, 0.5) is 0 Å². The van der Waals surface area contributed by atoms with Gasteiger partial charge in [-0.15, -0.1) is 0 Å². The molecule has 0 aliphatic rings. The largest absolute Gasteiger partial charge is 0.293 e. The second-order valence-electron chi connectivity index (χ2n) is 9.27. The van der Waals surface area contributed by atoms with Gasteiger partial charge in [-0.05, 0) is 86.1 Å². The number of aliphatic imine (C=N–C) groups is 1. The zero-order valence-corrected chi connectivity index (χ0v) is 25.9. The zero-order chi connectivity index (χ0) is 29.2. The molecule has 4 rings (SSSR count). The van der Waals surface area contributed by atoms with Gasteiger partial charge in [0, 0.05) is 47.7 Å². The monoisotopic (exact) mass is 523 g/mol. The average molecular weight is 524 g/mol. The van der Waals surface area contributed by atoms with Crippen molar-refractivity contribution in [3.63, 3.8) is 0 Å². The van der Waals surface area contributed by atoms with Gasteiger partial charge in [0.25, 0.3) is 0 Å². The van der Waals surface area contributed by atoms with Crippen molar-refractivity contribution < 1.29 is 0 Å². The fourth-order valence-electron chi connectivity index (χ4n) is 4.01. The van der Waals surface area contributed by atoms with Gasteiger partial charge in [-0.3, -0.25) is 15.0 Å². The molecule has 2 aromatic heterocycles. The summed E-state index contributed by atoms with van der Waals surface area (Å²) in [5, 5.41) is 0. The Morgan fingerprint density at radius 2 is 1.23 bits per heavy atom. The molecule has 0 aliphatic carbocycles. The first-order chi connectivity index (χ1) is 18.9. The van der Waals surface area contributed by atoms with Crippen LogP contribution in [0.1, 0.15) is 76.5 Å². The lowest BCUT2D eigenvalue weighted by atomic mass is 9.99. The number of aryl methyl sites for hydroxylation is 3. The van der Waals surface area contributed by atoms with Crippen LogP contribution >= 0.6 is 0 Å². The minimum Gasteiger partial charge on any atom is -0.293 e. The lowest BCUT2D eigenvalue weighted by Crippen LogP contribution is -1.94. The normalized spacial score (nSPS) is 10.1. The van der Waals surface area contributed by atoms with Gasteiger partial charge < -0.3 is 0 Å². The molecule has 0 unspecified atom stereocenters. The zero-order valence-electron chi connectivity index (χ0n) is 25.9. The van der Waals surface area contributed by atoms with E-state index in [2.05, 4.69) is 97.3 Å². The van der Waals surface area contributed by atoms with E-state index >= 15 is 0 Å². The number of hydrogen-bond acceptors (Lipinski definition) is 3. The number of hydrogen-bond donors (Lipinski definition) is 0. The smallest absolute Gasteiger partial charge is 0.0450 e. The van der Waals surface area contributed by atoms with Crippen LogP contribution in [0.2, 0.25) is 0 Å². The predicted octanol–water partition coefficient (Wildman–Crippen LogP) is 10.1. The summed E-state index contributed by atoms with van der Waals surface area (Å²) in [6.45, 7) is 21.6. The van der Waals surface area contributed by atoms with Gasteiger partial charge in [0.2, 0.25) is 0 Å². The summed E-state index contributed by atoms with van der Waals surface area (Å²) >= 11 is 0. The van der Waals surface area contributed by atoms with E-state index in [9.17, 15) is 0 Å². The van der Waals surface area contributed by atoms with Crippen molar-refractivity contribution in [1.29, 1.82) is 0 Å². The Morgan fingerprint density at radius 1 is 0.718 bits per heavy atom. The molecule has 0 N–H and O–H groups in total. The average Bonchev–Trinajstić information content (AvgIpc) is 2.96. The van der Waals surface area contributed by atoms with Gasteiger partial charge in [-0.25, -0.2) is 0 Å². The van der Waals surface area contributed by atoms with Crippen LogP contribution in [-0.2, 0) is 6.42 Å². The second kappa shape index (κ2) is 18.6.